The standard InChI is InChI=1S/C16H12F2O3/c1-20-15-4-2-9(6-12(15)18)16-8-13(19)11-7-10(17)3-5-14(11)21-16/h2-7,16H,8H2,1H3. The van der Waals surface area contributed by atoms with Gasteiger partial charge in [-0.15, -0.1) is 0 Å². The highest BCUT2D eigenvalue weighted by molar-refractivity contribution is 6.00. The second-order valence-electron chi connectivity index (χ2n) is 4.77. The molecule has 0 bridgehead atoms. The van der Waals surface area contributed by atoms with Gasteiger partial charge in [0.2, 0.25) is 0 Å². The Kier molecular flexibility index (Phi) is 3.33. The van der Waals surface area contributed by atoms with Crippen molar-refractivity contribution < 1.29 is 23.0 Å². The number of carbonyl (C=O) groups is 1. The summed E-state index contributed by atoms with van der Waals surface area (Å²) in [6.07, 6.45) is -0.543. The van der Waals surface area contributed by atoms with Crippen molar-refractivity contribution >= 4 is 5.78 Å². The van der Waals surface area contributed by atoms with Crippen molar-refractivity contribution in [3.05, 3.63) is 59.2 Å². The molecule has 0 aromatic heterocycles. The van der Waals surface area contributed by atoms with Gasteiger partial charge in [0.25, 0.3) is 0 Å². The molecule has 108 valence electrons. The number of hydrogen-bond acceptors (Lipinski definition) is 3. The molecule has 5 heteroatoms. The number of ketones is 1. The SMILES string of the molecule is COc1ccc(C2CC(=O)c3cc(F)ccc3O2)cc1F. The van der Waals surface area contributed by atoms with E-state index < -0.39 is 17.7 Å². The van der Waals surface area contributed by atoms with Gasteiger partial charge in [-0.05, 0) is 35.9 Å². The maximum absolute atomic E-state index is 13.7. The van der Waals surface area contributed by atoms with E-state index in [9.17, 15) is 13.6 Å². The van der Waals surface area contributed by atoms with Crippen LogP contribution in [0, 0.1) is 11.6 Å². The molecule has 0 aliphatic carbocycles. The van der Waals surface area contributed by atoms with Gasteiger partial charge in [0.05, 0.1) is 19.1 Å². The van der Waals surface area contributed by atoms with E-state index in [2.05, 4.69) is 0 Å². The van der Waals surface area contributed by atoms with Crippen molar-refractivity contribution in [1.29, 1.82) is 0 Å². The fraction of sp³-hybridized carbons (Fsp3) is 0.188. The number of carbonyl (C=O) groups excluding carboxylic acids is 1. The summed E-state index contributed by atoms with van der Waals surface area (Å²) in [5, 5.41) is 0. The number of Topliss-reactive ketones (excluding diaryl/α,β-unsaturated/α-hetero) is 1. The largest absolute Gasteiger partial charge is 0.494 e. The van der Waals surface area contributed by atoms with Crippen molar-refractivity contribution in [1.82, 2.24) is 0 Å². The summed E-state index contributed by atoms with van der Waals surface area (Å²) in [6, 6.07) is 8.21. The van der Waals surface area contributed by atoms with Crippen LogP contribution < -0.4 is 9.47 Å². The number of methoxy groups -OCH3 is 1. The first-order valence-electron chi connectivity index (χ1n) is 6.41. The van der Waals surface area contributed by atoms with Crippen molar-refractivity contribution in [2.45, 2.75) is 12.5 Å². The Morgan fingerprint density at radius 1 is 1.19 bits per heavy atom. The molecule has 1 unspecified atom stereocenters. The Balaban J connectivity index is 1.94. The first-order chi connectivity index (χ1) is 10.1. The molecule has 0 N–H and O–H groups in total. The van der Waals surface area contributed by atoms with Gasteiger partial charge < -0.3 is 9.47 Å². The number of benzene rings is 2. The molecule has 1 atom stereocenters. The van der Waals surface area contributed by atoms with Crippen LogP contribution in [-0.4, -0.2) is 12.9 Å². The van der Waals surface area contributed by atoms with Crippen LogP contribution >= 0.6 is 0 Å². The Bertz CT molecular complexity index is 713. The summed E-state index contributed by atoms with van der Waals surface area (Å²) in [5.74, 6) is -0.787. The van der Waals surface area contributed by atoms with Crippen LogP contribution in [0.1, 0.15) is 28.4 Å². The van der Waals surface area contributed by atoms with Gasteiger partial charge in [0.1, 0.15) is 17.7 Å². The van der Waals surface area contributed by atoms with Crippen LogP contribution in [0.5, 0.6) is 11.5 Å². The molecule has 2 aromatic rings. The van der Waals surface area contributed by atoms with Crippen molar-refractivity contribution in [2.75, 3.05) is 7.11 Å². The van der Waals surface area contributed by atoms with Gasteiger partial charge in [0.15, 0.2) is 17.3 Å². The van der Waals surface area contributed by atoms with Crippen LogP contribution in [0.4, 0.5) is 8.78 Å². The normalized spacial score (nSPS) is 17.1. The Hall–Kier alpha value is -2.43. The topological polar surface area (TPSA) is 35.5 Å². The minimum Gasteiger partial charge on any atom is -0.494 e. The summed E-state index contributed by atoms with van der Waals surface area (Å²) in [4.78, 5) is 12.1. The predicted octanol–water partition coefficient (Wildman–Crippen LogP) is 3.68. The minimum absolute atomic E-state index is 0.0439. The first-order valence-corrected chi connectivity index (χ1v) is 6.41. The zero-order valence-electron chi connectivity index (χ0n) is 11.2. The monoisotopic (exact) mass is 290 g/mol. The van der Waals surface area contributed by atoms with Crippen molar-refractivity contribution in [2.24, 2.45) is 0 Å². The lowest BCUT2D eigenvalue weighted by Crippen LogP contribution is -2.20. The van der Waals surface area contributed by atoms with Crippen LogP contribution in [0.3, 0.4) is 0 Å². The van der Waals surface area contributed by atoms with E-state index >= 15 is 0 Å². The van der Waals surface area contributed by atoms with E-state index in [0.717, 1.165) is 6.07 Å². The summed E-state index contributed by atoms with van der Waals surface area (Å²) >= 11 is 0. The van der Waals surface area contributed by atoms with Gasteiger partial charge >= 0.3 is 0 Å². The third-order valence-electron chi connectivity index (χ3n) is 3.43. The van der Waals surface area contributed by atoms with E-state index in [1.807, 2.05) is 0 Å². The Morgan fingerprint density at radius 3 is 2.71 bits per heavy atom. The van der Waals surface area contributed by atoms with E-state index in [4.69, 9.17) is 9.47 Å². The van der Waals surface area contributed by atoms with Crippen LogP contribution in [0.25, 0.3) is 0 Å². The molecule has 0 spiro atoms. The van der Waals surface area contributed by atoms with E-state index in [0.29, 0.717) is 11.3 Å². The highest BCUT2D eigenvalue weighted by Crippen LogP contribution is 2.36. The fourth-order valence-electron chi connectivity index (χ4n) is 2.36. The Morgan fingerprint density at radius 2 is 2.00 bits per heavy atom. The molecule has 1 aliphatic heterocycles. The minimum atomic E-state index is -0.587. The van der Waals surface area contributed by atoms with Gasteiger partial charge in [0, 0.05) is 0 Å². The molecule has 0 amide bonds. The van der Waals surface area contributed by atoms with Crippen molar-refractivity contribution in [3.63, 3.8) is 0 Å². The molecule has 1 aliphatic rings. The average molecular weight is 290 g/mol. The quantitative estimate of drug-likeness (QED) is 0.846. The van der Waals surface area contributed by atoms with E-state index in [-0.39, 0.29) is 23.5 Å². The number of fused-ring (bicyclic) bond motifs is 1. The summed E-state index contributed by atoms with van der Waals surface area (Å²) < 4.78 is 37.4. The average Bonchev–Trinajstić information content (AvgIpc) is 2.47. The zero-order valence-corrected chi connectivity index (χ0v) is 11.2. The lowest BCUT2D eigenvalue weighted by molar-refractivity contribution is 0.0848. The smallest absolute Gasteiger partial charge is 0.170 e. The molecule has 3 rings (SSSR count). The number of ether oxygens (including phenoxy) is 2. The maximum atomic E-state index is 13.7. The van der Waals surface area contributed by atoms with Crippen molar-refractivity contribution in [3.8, 4) is 11.5 Å². The second kappa shape index (κ2) is 5.16. The number of hydrogen-bond donors (Lipinski definition) is 0. The molecular formula is C16H12F2O3. The number of halogens is 2. The first kappa shape index (κ1) is 13.5. The van der Waals surface area contributed by atoms with E-state index in [1.54, 1.807) is 6.07 Å². The van der Waals surface area contributed by atoms with Gasteiger partial charge in [-0.25, -0.2) is 8.78 Å². The van der Waals surface area contributed by atoms with E-state index in [1.165, 1.54) is 31.4 Å². The molecule has 3 nitrogen and oxygen atoms in total. The van der Waals surface area contributed by atoms with Gasteiger partial charge in [-0.1, -0.05) is 6.07 Å². The van der Waals surface area contributed by atoms with Gasteiger partial charge in [-0.2, -0.15) is 0 Å². The Labute approximate surface area is 120 Å². The molecular weight excluding hydrogens is 278 g/mol. The third kappa shape index (κ3) is 2.46. The summed E-state index contributed by atoms with van der Waals surface area (Å²) in [5.41, 5.74) is 0.761. The molecule has 0 saturated carbocycles. The van der Waals surface area contributed by atoms with Crippen LogP contribution in [0.2, 0.25) is 0 Å². The third-order valence-corrected chi connectivity index (χ3v) is 3.43. The molecule has 1 heterocycles. The highest BCUT2D eigenvalue weighted by atomic mass is 19.1. The van der Waals surface area contributed by atoms with Crippen LogP contribution in [-0.2, 0) is 0 Å². The second-order valence-corrected chi connectivity index (χ2v) is 4.77. The summed E-state index contributed by atoms with van der Waals surface area (Å²) in [6.45, 7) is 0. The molecule has 0 saturated heterocycles. The fourth-order valence-corrected chi connectivity index (χ4v) is 2.36. The van der Waals surface area contributed by atoms with Crippen LogP contribution in [0.15, 0.2) is 36.4 Å². The highest BCUT2D eigenvalue weighted by Gasteiger charge is 2.28. The lowest BCUT2D eigenvalue weighted by Gasteiger charge is -2.25. The number of rotatable bonds is 2. The molecule has 0 fully saturated rings. The maximum Gasteiger partial charge on any atom is 0.170 e. The predicted molar refractivity (Wildman–Crippen MR) is 71.7 cm³/mol. The summed E-state index contributed by atoms with van der Waals surface area (Å²) in [7, 11) is 1.38. The lowest BCUT2D eigenvalue weighted by atomic mass is 9.96. The molecule has 2 aromatic carbocycles. The van der Waals surface area contributed by atoms with Gasteiger partial charge in [-0.3, -0.25) is 4.79 Å². The molecule has 21 heavy (non-hydrogen) atoms. The molecule has 0 radical (unpaired) electrons. The zero-order chi connectivity index (χ0) is 15.0.